The monoisotopic (exact) mass is 182 g/mol. The van der Waals surface area contributed by atoms with Gasteiger partial charge in [-0.2, -0.15) is 12.6 Å². The van der Waals surface area contributed by atoms with Crippen LogP contribution in [0.15, 0.2) is 24.3 Å². The maximum Gasteiger partial charge on any atom is 0.337 e. The molecule has 0 aliphatic carbocycles. The summed E-state index contributed by atoms with van der Waals surface area (Å²) in [6, 6.07) is 7.23. The average Bonchev–Trinajstić information content (AvgIpc) is 2.17. The van der Waals surface area contributed by atoms with Gasteiger partial charge in [0.05, 0.1) is 12.7 Å². The highest BCUT2D eigenvalue weighted by atomic mass is 32.1. The number of rotatable bonds is 2. The Morgan fingerprint density at radius 1 is 1.58 bits per heavy atom. The van der Waals surface area contributed by atoms with E-state index in [0.29, 0.717) is 11.3 Å². The van der Waals surface area contributed by atoms with Crippen molar-refractivity contribution in [3.63, 3.8) is 0 Å². The molecule has 0 radical (unpaired) electrons. The fraction of sp³-hybridized carbons (Fsp3) is 0.222. The average molecular weight is 182 g/mol. The fourth-order valence-corrected chi connectivity index (χ4v) is 1.11. The molecule has 1 rings (SSSR count). The van der Waals surface area contributed by atoms with E-state index in [0.717, 1.165) is 5.56 Å². The highest BCUT2D eigenvalue weighted by Crippen LogP contribution is 2.08. The van der Waals surface area contributed by atoms with Gasteiger partial charge in [0, 0.05) is 5.75 Å². The van der Waals surface area contributed by atoms with Crippen LogP contribution in [0.5, 0.6) is 0 Å². The standard InChI is InChI=1S/C9H10O2S/c1-11-9(10)8-4-2-3-7(5-8)6-12/h2-5,12H,6H2,1H3. The van der Waals surface area contributed by atoms with Crippen LogP contribution in [0.3, 0.4) is 0 Å². The Kier molecular flexibility index (Phi) is 3.17. The third-order valence-electron chi connectivity index (χ3n) is 1.53. The van der Waals surface area contributed by atoms with Crippen LogP contribution < -0.4 is 0 Å². The number of hydrogen-bond donors (Lipinski definition) is 1. The molecule has 3 heteroatoms. The second kappa shape index (κ2) is 4.16. The summed E-state index contributed by atoms with van der Waals surface area (Å²) in [6.07, 6.45) is 0. The zero-order chi connectivity index (χ0) is 8.97. The molecule has 0 saturated carbocycles. The van der Waals surface area contributed by atoms with E-state index in [1.165, 1.54) is 7.11 Å². The van der Waals surface area contributed by atoms with Crippen molar-refractivity contribution in [1.82, 2.24) is 0 Å². The van der Waals surface area contributed by atoms with Gasteiger partial charge in [-0.1, -0.05) is 12.1 Å². The molecule has 0 atom stereocenters. The zero-order valence-electron chi connectivity index (χ0n) is 6.78. The largest absolute Gasteiger partial charge is 0.465 e. The summed E-state index contributed by atoms with van der Waals surface area (Å²) in [5, 5.41) is 0. The molecule has 0 aromatic heterocycles. The Bertz CT molecular complexity index is 284. The Hall–Kier alpha value is -0.960. The van der Waals surface area contributed by atoms with E-state index in [-0.39, 0.29) is 5.97 Å². The summed E-state index contributed by atoms with van der Waals surface area (Å²) < 4.78 is 4.57. The van der Waals surface area contributed by atoms with E-state index in [4.69, 9.17) is 0 Å². The van der Waals surface area contributed by atoms with Gasteiger partial charge < -0.3 is 4.74 Å². The number of carbonyl (C=O) groups excluding carboxylic acids is 1. The van der Waals surface area contributed by atoms with Crippen molar-refractivity contribution in [3.05, 3.63) is 35.4 Å². The molecule has 0 unspecified atom stereocenters. The van der Waals surface area contributed by atoms with E-state index in [1.807, 2.05) is 12.1 Å². The molecule has 0 spiro atoms. The molecule has 0 saturated heterocycles. The molecule has 0 bridgehead atoms. The molecule has 0 heterocycles. The molecule has 0 aliphatic rings. The van der Waals surface area contributed by atoms with Crippen molar-refractivity contribution in [2.45, 2.75) is 5.75 Å². The first-order valence-corrected chi connectivity index (χ1v) is 4.19. The van der Waals surface area contributed by atoms with Gasteiger partial charge in [0.25, 0.3) is 0 Å². The van der Waals surface area contributed by atoms with Gasteiger partial charge in [-0.05, 0) is 17.7 Å². The van der Waals surface area contributed by atoms with Crippen LogP contribution in [0.4, 0.5) is 0 Å². The first-order valence-electron chi connectivity index (χ1n) is 3.56. The molecule has 0 N–H and O–H groups in total. The lowest BCUT2D eigenvalue weighted by Crippen LogP contribution is -2.01. The number of hydrogen-bond acceptors (Lipinski definition) is 3. The van der Waals surface area contributed by atoms with E-state index in [1.54, 1.807) is 12.1 Å². The van der Waals surface area contributed by atoms with Crippen LogP contribution >= 0.6 is 12.6 Å². The number of methoxy groups -OCH3 is 1. The van der Waals surface area contributed by atoms with Gasteiger partial charge in [0.2, 0.25) is 0 Å². The zero-order valence-corrected chi connectivity index (χ0v) is 7.67. The Labute approximate surface area is 77.0 Å². The molecule has 1 aromatic carbocycles. The Morgan fingerprint density at radius 3 is 2.92 bits per heavy atom. The minimum Gasteiger partial charge on any atom is -0.465 e. The second-order valence-electron chi connectivity index (χ2n) is 2.35. The number of thiol groups is 1. The topological polar surface area (TPSA) is 26.3 Å². The molecule has 12 heavy (non-hydrogen) atoms. The van der Waals surface area contributed by atoms with Crippen LogP contribution in [0.25, 0.3) is 0 Å². The Morgan fingerprint density at radius 2 is 2.33 bits per heavy atom. The summed E-state index contributed by atoms with van der Waals surface area (Å²) in [6.45, 7) is 0. The van der Waals surface area contributed by atoms with Crippen molar-refractivity contribution in [2.24, 2.45) is 0 Å². The minimum atomic E-state index is -0.307. The summed E-state index contributed by atoms with van der Waals surface area (Å²) >= 11 is 4.10. The quantitative estimate of drug-likeness (QED) is 0.558. The van der Waals surface area contributed by atoms with Gasteiger partial charge in [-0.15, -0.1) is 0 Å². The van der Waals surface area contributed by atoms with E-state index < -0.39 is 0 Å². The lowest BCUT2D eigenvalue weighted by atomic mass is 10.1. The molecule has 1 aromatic rings. The van der Waals surface area contributed by atoms with Gasteiger partial charge in [0.15, 0.2) is 0 Å². The van der Waals surface area contributed by atoms with Gasteiger partial charge in [0.1, 0.15) is 0 Å². The lowest BCUT2D eigenvalue weighted by Gasteiger charge is -2.00. The lowest BCUT2D eigenvalue weighted by molar-refractivity contribution is 0.0600. The number of benzene rings is 1. The van der Waals surface area contributed by atoms with E-state index in [2.05, 4.69) is 17.4 Å². The van der Waals surface area contributed by atoms with Gasteiger partial charge >= 0.3 is 5.97 Å². The molecular formula is C9H10O2S. The molecule has 0 amide bonds. The number of ether oxygens (including phenoxy) is 1. The van der Waals surface area contributed by atoms with E-state index in [9.17, 15) is 4.79 Å². The van der Waals surface area contributed by atoms with Crippen LogP contribution in [0.2, 0.25) is 0 Å². The predicted molar refractivity (Wildman–Crippen MR) is 50.5 cm³/mol. The van der Waals surface area contributed by atoms with Crippen LogP contribution in [0, 0.1) is 0 Å². The van der Waals surface area contributed by atoms with E-state index >= 15 is 0 Å². The second-order valence-corrected chi connectivity index (χ2v) is 2.67. The summed E-state index contributed by atoms with van der Waals surface area (Å²) in [7, 11) is 1.37. The SMILES string of the molecule is COC(=O)c1cccc(CS)c1. The highest BCUT2D eigenvalue weighted by molar-refractivity contribution is 7.79. The first-order chi connectivity index (χ1) is 5.77. The molecule has 0 fully saturated rings. The Balaban J connectivity index is 2.93. The third-order valence-corrected chi connectivity index (χ3v) is 1.90. The van der Waals surface area contributed by atoms with Crippen LogP contribution in [-0.2, 0) is 10.5 Å². The third kappa shape index (κ3) is 2.01. The molecular weight excluding hydrogens is 172 g/mol. The number of carbonyl (C=O) groups is 1. The summed E-state index contributed by atoms with van der Waals surface area (Å²) in [5.41, 5.74) is 1.59. The normalized spacial score (nSPS) is 9.50. The maximum atomic E-state index is 11.0. The van der Waals surface area contributed by atoms with Crippen molar-refractivity contribution < 1.29 is 9.53 Å². The molecule has 0 aliphatic heterocycles. The van der Waals surface area contributed by atoms with Crippen molar-refractivity contribution >= 4 is 18.6 Å². The highest BCUT2D eigenvalue weighted by Gasteiger charge is 2.03. The van der Waals surface area contributed by atoms with Gasteiger partial charge in [-0.3, -0.25) is 0 Å². The first kappa shape index (κ1) is 9.13. The smallest absolute Gasteiger partial charge is 0.337 e. The summed E-state index contributed by atoms with van der Waals surface area (Å²) in [4.78, 5) is 11.0. The van der Waals surface area contributed by atoms with Crippen LogP contribution in [0.1, 0.15) is 15.9 Å². The minimum absolute atomic E-state index is 0.307. The van der Waals surface area contributed by atoms with Gasteiger partial charge in [-0.25, -0.2) is 4.79 Å². The van der Waals surface area contributed by atoms with Crippen molar-refractivity contribution in [1.29, 1.82) is 0 Å². The maximum absolute atomic E-state index is 11.0. The predicted octanol–water partition coefficient (Wildman–Crippen LogP) is 1.90. The van der Waals surface area contributed by atoms with Crippen LogP contribution in [-0.4, -0.2) is 13.1 Å². The van der Waals surface area contributed by atoms with Crippen molar-refractivity contribution in [2.75, 3.05) is 7.11 Å². The van der Waals surface area contributed by atoms with Crippen molar-refractivity contribution in [3.8, 4) is 0 Å². The fourth-order valence-electron chi connectivity index (χ4n) is 0.915. The summed E-state index contributed by atoms with van der Waals surface area (Å²) in [5.74, 6) is 0.323. The molecule has 2 nitrogen and oxygen atoms in total. The number of esters is 1. The molecule has 64 valence electrons.